The van der Waals surface area contributed by atoms with Gasteiger partial charge in [0.1, 0.15) is 28.3 Å². The number of halogens is 3. The zero-order valence-corrected chi connectivity index (χ0v) is 17.3. The van der Waals surface area contributed by atoms with Crippen LogP contribution < -0.4 is 21.3 Å². The lowest BCUT2D eigenvalue weighted by Crippen LogP contribution is -2.28. The average Bonchev–Trinajstić information content (AvgIpc) is 2.58. The number of nitrogens with one attached hydrogen (secondary N) is 2. The third-order valence-electron chi connectivity index (χ3n) is 3.80. The molecule has 1 amide bonds. The number of hydrogen-bond acceptors (Lipinski definition) is 7. The second-order valence-corrected chi connectivity index (χ2v) is 7.49. The van der Waals surface area contributed by atoms with Gasteiger partial charge in [-0.15, -0.1) is 13.2 Å². The molecule has 6 N–H and O–H groups in total. The highest BCUT2D eigenvalue weighted by molar-refractivity contribution is 6.09. The number of carboxylic acid groups (broad SMARTS) is 2. The summed E-state index contributed by atoms with van der Waals surface area (Å²) in [5, 5.41) is 21.3. The molecule has 14 heteroatoms. The SMILES string of the molecule is CC(C)(C)OC(=O)Nc1ccc(OC(F)(F)F)cc1-c1c(C(=O)O)c(N)[nH]c(=O)c1C(=O)O. The maximum absolute atomic E-state index is 12.7. The second-order valence-electron chi connectivity index (χ2n) is 7.49. The van der Waals surface area contributed by atoms with E-state index in [-0.39, 0.29) is 5.69 Å². The Morgan fingerprint density at radius 1 is 1.06 bits per heavy atom. The fourth-order valence-electron chi connectivity index (χ4n) is 2.77. The molecule has 33 heavy (non-hydrogen) atoms. The smallest absolute Gasteiger partial charge is 0.478 e. The van der Waals surface area contributed by atoms with Gasteiger partial charge in [-0.05, 0) is 39.0 Å². The fourth-order valence-corrected chi connectivity index (χ4v) is 2.77. The Balaban J connectivity index is 2.89. The lowest BCUT2D eigenvalue weighted by Gasteiger charge is -2.21. The van der Waals surface area contributed by atoms with Gasteiger partial charge in [-0.2, -0.15) is 0 Å². The van der Waals surface area contributed by atoms with Crippen LogP contribution in [0.2, 0.25) is 0 Å². The molecule has 178 valence electrons. The number of alkyl halides is 3. The predicted molar refractivity (Wildman–Crippen MR) is 107 cm³/mol. The summed E-state index contributed by atoms with van der Waals surface area (Å²) in [4.78, 5) is 49.9. The van der Waals surface area contributed by atoms with Crippen LogP contribution in [0.3, 0.4) is 0 Å². The number of aromatic carboxylic acids is 2. The zero-order valence-electron chi connectivity index (χ0n) is 17.3. The van der Waals surface area contributed by atoms with Crippen molar-refractivity contribution in [1.82, 2.24) is 4.98 Å². The monoisotopic (exact) mass is 473 g/mol. The molecular weight excluding hydrogens is 455 g/mol. The molecule has 0 aliphatic rings. The highest BCUT2D eigenvalue weighted by Crippen LogP contribution is 2.38. The molecule has 0 saturated heterocycles. The van der Waals surface area contributed by atoms with Crippen molar-refractivity contribution in [2.24, 2.45) is 0 Å². The summed E-state index contributed by atoms with van der Waals surface area (Å²) in [6.45, 7) is 4.57. The van der Waals surface area contributed by atoms with E-state index in [1.165, 1.54) is 20.8 Å². The Morgan fingerprint density at radius 3 is 2.12 bits per heavy atom. The van der Waals surface area contributed by atoms with Crippen LogP contribution in [0.5, 0.6) is 5.75 Å². The van der Waals surface area contributed by atoms with Crippen molar-refractivity contribution in [3.8, 4) is 16.9 Å². The summed E-state index contributed by atoms with van der Waals surface area (Å²) in [5.41, 5.74) is -0.669. The summed E-state index contributed by atoms with van der Waals surface area (Å²) >= 11 is 0. The summed E-state index contributed by atoms with van der Waals surface area (Å²) in [6, 6.07) is 2.27. The number of carbonyl (C=O) groups is 3. The molecule has 0 aliphatic carbocycles. The van der Waals surface area contributed by atoms with E-state index in [4.69, 9.17) is 10.5 Å². The number of pyridine rings is 1. The van der Waals surface area contributed by atoms with Crippen molar-refractivity contribution < 1.29 is 47.2 Å². The molecule has 0 aliphatic heterocycles. The molecule has 2 aromatic rings. The molecule has 1 heterocycles. The first-order valence-electron chi connectivity index (χ1n) is 8.92. The minimum Gasteiger partial charge on any atom is -0.478 e. The number of benzene rings is 1. The normalized spacial score (nSPS) is 11.6. The Bertz CT molecular complexity index is 1180. The summed E-state index contributed by atoms with van der Waals surface area (Å²) in [5.74, 6) is -5.36. The molecule has 0 bridgehead atoms. The fraction of sp³-hybridized carbons (Fsp3) is 0.263. The molecule has 1 aromatic heterocycles. The topological polar surface area (TPSA) is 181 Å². The van der Waals surface area contributed by atoms with Gasteiger partial charge in [0.05, 0.1) is 5.69 Å². The van der Waals surface area contributed by atoms with Gasteiger partial charge < -0.3 is 30.4 Å². The Morgan fingerprint density at radius 2 is 1.64 bits per heavy atom. The number of carbonyl (C=O) groups excluding carboxylic acids is 1. The molecule has 0 saturated carbocycles. The van der Waals surface area contributed by atoms with E-state index in [1.54, 1.807) is 0 Å². The third kappa shape index (κ3) is 6.15. The second kappa shape index (κ2) is 8.72. The minimum atomic E-state index is -5.16. The Kier molecular flexibility index (Phi) is 6.62. The van der Waals surface area contributed by atoms with Gasteiger partial charge in [0.15, 0.2) is 0 Å². The van der Waals surface area contributed by atoms with E-state index < -0.39 is 69.4 Å². The molecule has 0 atom stereocenters. The summed E-state index contributed by atoms with van der Waals surface area (Å²) in [6.07, 6.45) is -6.25. The number of amides is 1. The van der Waals surface area contributed by atoms with Gasteiger partial charge in [-0.1, -0.05) is 0 Å². The molecule has 0 radical (unpaired) electrons. The number of nitrogen functional groups attached to an aromatic ring is 1. The van der Waals surface area contributed by atoms with Crippen molar-refractivity contribution in [2.45, 2.75) is 32.7 Å². The van der Waals surface area contributed by atoms with Crippen LogP contribution in [0.25, 0.3) is 11.1 Å². The van der Waals surface area contributed by atoms with Gasteiger partial charge >= 0.3 is 24.4 Å². The van der Waals surface area contributed by atoms with Crippen molar-refractivity contribution >= 4 is 29.5 Å². The molecular formula is C19H18F3N3O8. The van der Waals surface area contributed by atoms with Gasteiger partial charge in [0.2, 0.25) is 0 Å². The van der Waals surface area contributed by atoms with Gasteiger partial charge in [0, 0.05) is 11.1 Å². The van der Waals surface area contributed by atoms with E-state index in [0.717, 1.165) is 12.1 Å². The highest BCUT2D eigenvalue weighted by Gasteiger charge is 2.33. The number of nitrogens with two attached hydrogens (primary N) is 1. The van der Waals surface area contributed by atoms with E-state index >= 15 is 0 Å². The number of rotatable bonds is 5. The maximum Gasteiger partial charge on any atom is 0.573 e. The quantitative estimate of drug-likeness (QED) is 0.435. The highest BCUT2D eigenvalue weighted by atomic mass is 19.4. The Labute approximate surface area is 182 Å². The predicted octanol–water partition coefficient (Wildman–Crippen LogP) is 3.27. The first-order chi connectivity index (χ1) is 15.0. The lowest BCUT2D eigenvalue weighted by atomic mass is 9.94. The first kappa shape index (κ1) is 25.0. The minimum absolute atomic E-state index is 0.381. The molecule has 0 unspecified atom stereocenters. The number of aromatic nitrogens is 1. The number of anilines is 2. The van der Waals surface area contributed by atoms with Crippen LogP contribution in [0, 0.1) is 0 Å². The standard InChI is InChI=1S/C19H18F3N3O8/c1-18(2,3)33-17(31)24-9-5-4-7(32-19(20,21)22)6-8(9)10-11(15(27)28)13(23)25-14(26)12(10)16(29)30/h4-6H,1-3H3,(H,24,31)(H,27,28)(H,29,30)(H3,23,25,26). The van der Waals surface area contributed by atoms with E-state index in [2.05, 4.69) is 10.1 Å². The van der Waals surface area contributed by atoms with Crippen LogP contribution in [0.1, 0.15) is 41.5 Å². The first-order valence-corrected chi connectivity index (χ1v) is 8.92. The molecule has 2 rings (SSSR count). The number of H-pyrrole nitrogens is 1. The van der Waals surface area contributed by atoms with Crippen LogP contribution in [-0.4, -0.2) is 45.2 Å². The number of aromatic amines is 1. The van der Waals surface area contributed by atoms with Crippen molar-refractivity contribution in [3.63, 3.8) is 0 Å². The summed E-state index contributed by atoms with van der Waals surface area (Å²) in [7, 11) is 0. The van der Waals surface area contributed by atoms with Crippen LogP contribution >= 0.6 is 0 Å². The maximum atomic E-state index is 12.7. The van der Waals surface area contributed by atoms with Crippen molar-refractivity contribution in [3.05, 3.63) is 39.7 Å². The molecule has 0 spiro atoms. The third-order valence-corrected chi connectivity index (χ3v) is 3.80. The lowest BCUT2D eigenvalue weighted by molar-refractivity contribution is -0.274. The van der Waals surface area contributed by atoms with Gasteiger partial charge in [-0.25, -0.2) is 14.4 Å². The van der Waals surface area contributed by atoms with E-state index in [0.29, 0.717) is 6.07 Å². The number of hydrogen-bond donors (Lipinski definition) is 5. The van der Waals surface area contributed by atoms with Crippen LogP contribution in [0.4, 0.5) is 29.5 Å². The van der Waals surface area contributed by atoms with E-state index in [1.807, 2.05) is 4.98 Å². The number of carboxylic acids is 2. The molecule has 1 aromatic carbocycles. The van der Waals surface area contributed by atoms with Gasteiger partial charge in [0.25, 0.3) is 5.56 Å². The largest absolute Gasteiger partial charge is 0.573 e. The van der Waals surface area contributed by atoms with Crippen molar-refractivity contribution in [2.75, 3.05) is 11.1 Å². The van der Waals surface area contributed by atoms with Crippen LogP contribution in [-0.2, 0) is 4.74 Å². The van der Waals surface area contributed by atoms with E-state index in [9.17, 15) is 42.6 Å². The van der Waals surface area contributed by atoms with Crippen molar-refractivity contribution in [1.29, 1.82) is 0 Å². The number of ether oxygens (including phenoxy) is 2. The summed E-state index contributed by atoms with van der Waals surface area (Å²) < 4.78 is 47.1. The molecule has 0 fully saturated rings. The Hall–Kier alpha value is -4.23. The van der Waals surface area contributed by atoms with Gasteiger partial charge in [-0.3, -0.25) is 10.1 Å². The zero-order chi connectivity index (χ0) is 25.3. The van der Waals surface area contributed by atoms with Crippen LogP contribution in [0.15, 0.2) is 23.0 Å². The molecule has 11 nitrogen and oxygen atoms in total. The average molecular weight is 473 g/mol.